The minimum absolute atomic E-state index is 0.0311. The van der Waals surface area contributed by atoms with Crippen molar-refractivity contribution in [2.24, 2.45) is 5.41 Å². The highest BCUT2D eigenvalue weighted by Crippen LogP contribution is 2.23. The van der Waals surface area contributed by atoms with Crippen LogP contribution in [0.15, 0.2) is 18.2 Å². The molecule has 118 valence electrons. The zero-order valence-electron chi connectivity index (χ0n) is 13.3. The molecule has 5 nitrogen and oxygen atoms in total. The van der Waals surface area contributed by atoms with Crippen LogP contribution in [0.2, 0.25) is 0 Å². The molecule has 0 saturated heterocycles. The number of hydrogen-bond acceptors (Lipinski definition) is 4. The van der Waals surface area contributed by atoms with Gasteiger partial charge in [-0.25, -0.2) is 0 Å². The Kier molecular flexibility index (Phi) is 6.03. The maximum Gasteiger partial charge on any atom is 0.251 e. The Balaban J connectivity index is 2.92. The summed E-state index contributed by atoms with van der Waals surface area (Å²) in [5.74, 6) is 0.369. The molecule has 1 rings (SSSR count). The highest BCUT2D eigenvalue weighted by atomic mass is 16.5. The van der Waals surface area contributed by atoms with Crippen molar-refractivity contribution >= 4 is 11.6 Å². The van der Waals surface area contributed by atoms with Crippen molar-refractivity contribution in [2.75, 3.05) is 18.9 Å². The minimum Gasteiger partial charge on any atom is -0.494 e. The van der Waals surface area contributed by atoms with E-state index in [-0.39, 0.29) is 24.0 Å². The third kappa shape index (κ3) is 5.27. The zero-order chi connectivity index (χ0) is 16.0. The molecule has 1 aromatic carbocycles. The van der Waals surface area contributed by atoms with Gasteiger partial charge in [-0.2, -0.15) is 0 Å². The molecule has 0 spiro atoms. The number of anilines is 1. The second-order valence-corrected chi connectivity index (χ2v) is 6.13. The standard InChI is InChI=1S/C16H26N2O3/c1-5-21-13-9-11(8-12(17)10-13)15(20)18-14(6-7-19)16(2,3)4/h8-10,14,19H,5-7,17H2,1-4H3,(H,18,20). The van der Waals surface area contributed by atoms with E-state index in [1.807, 2.05) is 27.7 Å². The molecule has 0 aliphatic carbocycles. The summed E-state index contributed by atoms with van der Waals surface area (Å²) in [6, 6.07) is 4.87. The quantitative estimate of drug-likeness (QED) is 0.702. The highest BCUT2D eigenvalue weighted by molar-refractivity contribution is 5.95. The van der Waals surface area contributed by atoms with Crippen LogP contribution in [0.4, 0.5) is 5.69 Å². The number of hydrogen-bond donors (Lipinski definition) is 3. The number of carbonyl (C=O) groups is 1. The Hall–Kier alpha value is -1.75. The summed E-state index contributed by atoms with van der Waals surface area (Å²) in [5, 5.41) is 12.1. The van der Waals surface area contributed by atoms with E-state index in [4.69, 9.17) is 15.6 Å². The molecule has 0 radical (unpaired) electrons. The molecule has 1 aromatic rings. The molecular formula is C16H26N2O3. The van der Waals surface area contributed by atoms with E-state index in [9.17, 15) is 4.79 Å². The van der Waals surface area contributed by atoms with Crippen LogP contribution < -0.4 is 15.8 Å². The number of nitrogen functional groups attached to an aromatic ring is 1. The molecule has 4 N–H and O–H groups in total. The SMILES string of the molecule is CCOc1cc(N)cc(C(=O)NC(CCO)C(C)(C)C)c1. The first kappa shape index (κ1) is 17.3. The topological polar surface area (TPSA) is 84.6 Å². The molecule has 21 heavy (non-hydrogen) atoms. The lowest BCUT2D eigenvalue weighted by atomic mass is 9.84. The predicted octanol–water partition coefficient (Wildman–Crippen LogP) is 2.19. The monoisotopic (exact) mass is 294 g/mol. The van der Waals surface area contributed by atoms with Crippen LogP contribution in [0.3, 0.4) is 0 Å². The van der Waals surface area contributed by atoms with Gasteiger partial charge in [0.15, 0.2) is 0 Å². The summed E-state index contributed by atoms with van der Waals surface area (Å²) in [4.78, 5) is 12.4. The predicted molar refractivity (Wildman–Crippen MR) is 84.4 cm³/mol. The fourth-order valence-electron chi connectivity index (χ4n) is 2.10. The fraction of sp³-hybridized carbons (Fsp3) is 0.562. The summed E-state index contributed by atoms with van der Waals surface area (Å²) in [5.41, 5.74) is 6.62. The van der Waals surface area contributed by atoms with Crippen LogP contribution in [-0.4, -0.2) is 30.3 Å². The Labute approximate surface area is 126 Å². The Morgan fingerprint density at radius 3 is 2.57 bits per heavy atom. The van der Waals surface area contributed by atoms with Crippen molar-refractivity contribution in [3.05, 3.63) is 23.8 Å². The Morgan fingerprint density at radius 1 is 1.38 bits per heavy atom. The van der Waals surface area contributed by atoms with Gasteiger partial charge in [0.25, 0.3) is 5.91 Å². The molecule has 0 heterocycles. The van der Waals surface area contributed by atoms with Crippen molar-refractivity contribution in [3.8, 4) is 5.75 Å². The highest BCUT2D eigenvalue weighted by Gasteiger charge is 2.26. The van der Waals surface area contributed by atoms with E-state index in [1.165, 1.54) is 0 Å². The molecule has 0 aliphatic rings. The number of amides is 1. The molecule has 0 fully saturated rings. The first-order valence-electron chi connectivity index (χ1n) is 7.23. The average molecular weight is 294 g/mol. The lowest BCUT2D eigenvalue weighted by Gasteiger charge is -2.31. The van der Waals surface area contributed by atoms with E-state index in [0.717, 1.165) is 0 Å². The van der Waals surface area contributed by atoms with Crippen molar-refractivity contribution in [3.63, 3.8) is 0 Å². The number of nitrogens with two attached hydrogens (primary N) is 1. The van der Waals surface area contributed by atoms with Gasteiger partial charge in [0, 0.05) is 30.0 Å². The first-order valence-corrected chi connectivity index (χ1v) is 7.23. The van der Waals surface area contributed by atoms with Gasteiger partial charge in [0.1, 0.15) is 5.75 Å². The fourth-order valence-corrected chi connectivity index (χ4v) is 2.10. The lowest BCUT2D eigenvalue weighted by Crippen LogP contribution is -2.44. The maximum absolute atomic E-state index is 12.4. The lowest BCUT2D eigenvalue weighted by molar-refractivity contribution is 0.0885. The van der Waals surface area contributed by atoms with Gasteiger partial charge < -0.3 is 20.9 Å². The molecule has 1 atom stereocenters. The largest absolute Gasteiger partial charge is 0.494 e. The number of aliphatic hydroxyl groups is 1. The zero-order valence-corrected chi connectivity index (χ0v) is 13.3. The van der Waals surface area contributed by atoms with Gasteiger partial charge in [0.2, 0.25) is 0 Å². The first-order chi connectivity index (χ1) is 9.77. The Morgan fingerprint density at radius 2 is 2.05 bits per heavy atom. The molecule has 0 aliphatic heterocycles. The number of carbonyl (C=O) groups excluding carboxylic acids is 1. The van der Waals surface area contributed by atoms with Crippen LogP contribution in [0.5, 0.6) is 5.75 Å². The van der Waals surface area contributed by atoms with Crippen molar-refractivity contribution in [1.82, 2.24) is 5.32 Å². The van der Waals surface area contributed by atoms with Crippen LogP contribution in [0.25, 0.3) is 0 Å². The van der Waals surface area contributed by atoms with Crippen molar-refractivity contribution in [1.29, 1.82) is 0 Å². The number of rotatable bonds is 6. The van der Waals surface area contributed by atoms with Gasteiger partial charge in [-0.15, -0.1) is 0 Å². The Bertz CT molecular complexity index is 481. The van der Waals surface area contributed by atoms with Gasteiger partial charge in [-0.05, 0) is 30.9 Å². The third-order valence-corrected chi connectivity index (χ3v) is 3.27. The van der Waals surface area contributed by atoms with E-state index in [0.29, 0.717) is 30.0 Å². The second kappa shape index (κ2) is 7.31. The summed E-state index contributed by atoms with van der Waals surface area (Å²) >= 11 is 0. The average Bonchev–Trinajstić information content (AvgIpc) is 2.36. The molecule has 1 amide bonds. The summed E-state index contributed by atoms with van der Waals surface area (Å²) < 4.78 is 5.40. The van der Waals surface area contributed by atoms with E-state index in [1.54, 1.807) is 18.2 Å². The summed E-state index contributed by atoms with van der Waals surface area (Å²) in [6.45, 7) is 8.50. The van der Waals surface area contributed by atoms with Crippen LogP contribution in [0, 0.1) is 5.41 Å². The van der Waals surface area contributed by atoms with Crippen LogP contribution in [-0.2, 0) is 0 Å². The summed E-state index contributed by atoms with van der Waals surface area (Å²) in [7, 11) is 0. The minimum atomic E-state index is -0.211. The number of nitrogens with one attached hydrogen (secondary N) is 1. The van der Waals surface area contributed by atoms with Gasteiger partial charge in [0.05, 0.1) is 6.61 Å². The van der Waals surface area contributed by atoms with Crippen LogP contribution in [0.1, 0.15) is 44.5 Å². The maximum atomic E-state index is 12.4. The van der Waals surface area contributed by atoms with Crippen molar-refractivity contribution in [2.45, 2.75) is 40.2 Å². The van der Waals surface area contributed by atoms with E-state index < -0.39 is 0 Å². The smallest absolute Gasteiger partial charge is 0.251 e. The number of ether oxygens (including phenoxy) is 1. The van der Waals surface area contributed by atoms with E-state index >= 15 is 0 Å². The van der Waals surface area contributed by atoms with Crippen molar-refractivity contribution < 1.29 is 14.6 Å². The third-order valence-electron chi connectivity index (χ3n) is 3.27. The molecule has 0 saturated carbocycles. The number of aliphatic hydroxyl groups excluding tert-OH is 1. The molecule has 0 bridgehead atoms. The van der Waals surface area contributed by atoms with Gasteiger partial charge >= 0.3 is 0 Å². The van der Waals surface area contributed by atoms with Crippen LogP contribution >= 0.6 is 0 Å². The second-order valence-electron chi connectivity index (χ2n) is 6.13. The molecule has 0 aromatic heterocycles. The summed E-state index contributed by atoms with van der Waals surface area (Å²) in [6.07, 6.45) is 0.510. The molecule has 5 heteroatoms. The molecule has 1 unspecified atom stereocenters. The van der Waals surface area contributed by atoms with Gasteiger partial charge in [-0.1, -0.05) is 20.8 Å². The normalized spacial score (nSPS) is 12.8. The van der Waals surface area contributed by atoms with E-state index in [2.05, 4.69) is 5.32 Å². The van der Waals surface area contributed by atoms with Gasteiger partial charge in [-0.3, -0.25) is 4.79 Å². The molecular weight excluding hydrogens is 268 g/mol. The number of benzene rings is 1.